The molecule has 0 aromatic heterocycles. The van der Waals surface area contributed by atoms with Gasteiger partial charge in [-0.2, -0.15) is 0 Å². The fraction of sp³-hybridized carbons (Fsp3) is 0.263. The summed E-state index contributed by atoms with van der Waals surface area (Å²) >= 11 is 0. The molecule has 0 heterocycles. The van der Waals surface area contributed by atoms with Gasteiger partial charge in [-0.15, -0.1) is 0 Å². The van der Waals surface area contributed by atoms with E-state index in [-0.39, 0.29) is 0 Å². The normalized spacial score (nSPS) is 11.7. The third kappa shape index (κ3) is 3.98. The average molecular weight is 328 g/mol. The van der Waals surface area contributed by atoms with Crippen molar-refractivity contribution in [3.05, 3.63) is 72.3 Å². The number of nitrogens with zero attached hydrogens (tertiary/aromatic N) is 1. The van der Waals surface area contributed by atoms with E-state index in [4.69, 9.17) is 8.85 Å². The van der Waals surface area contributed by atoms with E-state index in [1.807, 2.05) is 32.3 Å². The van der Waals surface area contributed by atoms with E-state index in [2.05, 4.69) is 47.9 Å². The van der Waals surface area contributed by atoms with Crippen LogP contribution in [0.3, 0.4) is 0 Å². The van der Waals surface area contributed by atoms with Gasteiger partial charge in [0, 0.05) is 20.4 Å². The van der Waals surface area contributed by atoms with Gasteiger partial charge in [0.15, 0.2) is 0 Å². The van der Waals surface area contributed by atoms with Gasteiger partial charge in [-0.05, 0) is 36.0 Å². The van der Waals surface area contributed by atoms with Crippen molar-refractivity contribution in [1.82, 2.24) is 4.90 Å². The van der Waals surface area contributed by atoms with Crippen LogP contribution in [0.2, 0.25) is 0 Å². The SMILES string of the molecule is C=C(c1ccccc1)c1ccc([Si](CN(C)C)(OC)OC)cc1. The van der Waals surface area contributed by atoms with E-state index >= 15 is 0 Å². The first kappa shape index (κ1) is 17.6. The van der Waals surface area contributed by atoms with E-state index < -0.39 is 8.56 Å². The average Bonchev–Trinajstić information content (AvgIpc) is 2.60. The van der Waals surface area contributed by atoms with Crippen molar-refractivity contribution < 1.29 is 8.85 Å². The van der Waals surface area contributed by atoms with Crippen LogP contribution in [-0.2, 0) is 8.85 Å². The molecule has 0 aliphatic carbocycles. The van der Waals surface area contributed by atoms with Crippen LogP contribution in [0.4, 0.5) is 0 Å². The maximum Gasteiger partial charge on any atom is 0.386 e. The van der Waals surface area contributed by atoms with Gasteiger partial charge in [0.25, 0.3) is 0 Å². The summed E-state index contributed by atoms with van der Waals surface area (Å²) in [5, 5.41) is 1.13. The largest absolute Gasteiger partial charge is 0.394 e. The Balaban J connectivity index is 2.29. The zero-order chi connectivity index (χ0) is 16.9. The first-order valence-corrected chi connectivity index (χ1v) is 9.65. The van der Waals surface area contributed by atoms with E-state index in [0.717, 1.165) is 28.1 Å². The maximum atomic E-state index is 5.82. The number of rotatable bonds is 7. The molecule has 4 heteroatoms. The lowest BCUT2D eigenvalue weighted by molar-refractivity contribution is 0.238. The predicted molar refractivity (Wildman–Crippen MR) is 99.0 cm³/mol. The second-order valence-electron chi connectivity index (χ2n) is 5.82. The van der Waals surface area contributed by atoms with Crippen molar-refractivity contribution in [2.45, 2.75) is 0 Å². The van der Waals surface area contributed by atoms with Crippen molar-refractivity contribution in [3.8, 4) is 0 Å². The summed E-state index contributed by atoms with van der Waals surface area (Å²) in [6, 6.07) is 18.6. The van der Waals surface area contributed by atoms with Crippen molar-refractivity contribution in [3.63, 3.8) is 0 Å². The summed E-state index contributed by atoms with van der Waals surface area (Å²) in [5.41, 5.74) is 3.27. The van der Waals surface area contributed by atoms with Crippen LogP contribution >= 0.6 is 0 Å². The number of benzene rings is 2. The molecule has 2 aromatic rings. The van der Waals surface area contributed by atoms with Crippen molar-refractivity contribution in [2.24, 2.45) is 0 Å². The molecule has 0 amide bonds. The zero-order valence-corrected chi connectivity index (χ0v) is 15.4. The minimum absolute atomic E-state index is 0.777. The van der Waals surface area contributed by atoms with Gasteiger partial charge in [-0.3, -0.25) is 0 Å². The fourth-order valence-electron chi connectivity index (χ4n) is 2.69. The Kier molecular flexibility index (Phi) is 5.90. The van der Waals surface area contributed by atoms with Crippen molar-refractivity contribution >= 4 is 19.3 Å². The van der Waals surface area contributed by atoms with Crippen LogP contribution < -0.4 is 5.19 Å². The molecule has 2 rings (SSSR count). The Bertz CT molecular complexity index is 634. The molecule has 0 atom stereocenters. The van der Waals surface area contributed by atoms with Crippen LogP contribution in [-0.4, -0.2) is 47.9 Å². The fourth-order valence-corrected chi connectivity index (χ4v) is 5.27. The van der Waals surface area contributed by atoms with Gasteiger partial charge < -0.3 is 13.8 Å². The quantitative estimate of drug-likeness (QED) is 0.730. The van der Waals surface area contributed by atoms with Crippen LogP contribution in [0.15, 0.2) is 61.2 Å². The Hall–Kier alpha value is -1.72. The van der Waals surface area contributed by atoms with Crippen LogP contribution in [0.1, 0.15) is 11.1 Å². The molecule has 2 aromatic carbocycles. The molecule has 0 saturated carbocycles. The van der Waals surface area contributed by atoms with Gasteiger partial charge in [0.2, 0.25) is 0 Å². The minimum Gasteiger partial charge on any atom is -0.394 e. The Morgan fingerprint density at radius 3 is 1.91 bits per heavy atom. The third-order valence-electron chi connectivity index (χ3n) is 3.98. The first-order chi connectivity index (χ1) is 11.0. The molecule has 122 valence electrons. The summed E-state index contributed by atoms with van der Waals surface area (Å²) in [7, 11) is 5.11. The highest BCUT2D eigenvalue weighted by molar-refractivity contribution is 6.81. The zero-order valence-electron chi connectivity index (χ0n) is 14.4. The van der Waals surface area contributed by atoms with Crippen molar-refractivity contribution in [2.75, 3.05) is 34.5 Å². The van der Waals surface area contributed by atoms with Gasteiger partial charge in [0.05, 0.1) is 0 Å². The molecule has 0 fully saturated rings. The summed E-state index contributed by atoms with van der Waals surface area (Å²) in [5.74, 6) is 0. The highest BCUT2D eigenvalue weighted by atomic mass is 28.4. The molecule has 0 unspecified atom stereocenters. The molecule has 0 saturated heterocycles. The van der Waals surface area contributed by atoms with Crippen LogP contribution in [0.25, 0.3) is 5.57 Å². The Morgan fingerprint density at radius 2 is 1.43 bits per heavy atom. The number of hydrogen-bond acceptors (Lipinski definition) is 3. The summed E-state index contributed by atoms with van der Waals surface area (Å²) < 4.78 is 11.6. The summed E-state index contributed by atoms with van der Waals surface area (Å²) in [6.45, 7) is 4.22. The van der Waals surface area contributed by atoms with E-state index in [0.29, 0.717) is 0 Å². The maximum absolute atomic E-state index is 5.82. The highest BCUT2D eigenvalue weighted by Gasteiger charge is 2.38. The topological polar surface area (TPSA) is 21.7 Å². The minimum atomic E-state index is -2.42. The molecule has 23 heavy (non-hydrogen) atoms. The van der Waals surface area contributed by atoms with E-state index in [1.165, 1.54) is 0 Å². The van der Waals surface area contributed by atoms with Gasteiger partial charge in [0.1, 0.15) is 0 Å². The Morgan fingerprint density at radius 1 is 0.913 bits per heavy atom. The molecular weight excluding hydrogens is 302 g/mol. The summed E-state index contributed by atoms with van der Waals surface area (Å²) in [4.78, 5) is 2.11. The third-order valence-corrected chi connectivity index (χ3v) is 7.56. The monoisotopic (exact) mass is 327 g/mol. The molecule has 0 bridgehead atoms. The lowest BCUT2D eigenvalue weighted by atomic mass is 10.00. The van der Waals surface area contributed by atoms with Gasteiger partial charge in [-0.25, -0.2) is 0 Å². The molecular formula is C19H25NO2Si. The molecule has 0 spiro atoms. The second-order valence-corrected chi connectivity index (χ2v) is 9.04. The van der Waals surface area contributed by atoms with Crippen LogP contribution in [0, 0.1) is 0 Å². The van der Waals surface area contributed by atoms with E-state index in [9.17, 15) is 0 Å². The smallest absolute Gasteiger partial charge is 0.386 e. The van der Waals surface area contributed by atoms with Gasteiger partial charge in [-0.1, -0.05) is 61.2 Å². The van der Waals surface area contributed by atoms with Gasteiger partial charge >= 0.3 is 8.56 Å². The van der Waals surface area contributed by atoms with Crippen molar-refractivity contribution in [1.29, 1.82) is 0 Å². The van der Waals surface area contributed by atoms with E-state index in [1.54, 1.807) is 14.2 Å². The second kappa shape index (κ2) is 7.70. The summed E-state index contributed by atoms with van der Waals surface area (Å²) in [6.07, 6.45) is 0.777. The number of hydrogen-bond donors (Lipinski definition) is 0. The molecule has 3 nitrogen and oxygen atoms in total. The lowest BCUT2D eigenvalue weighted by Crippen LogP contribution is -2.59. The molecule has 0 aliphatic rings. The Labute approximate surface area is 140 Å². The standard InChI is InChI=1S/C19H25NO2Si/c1-16(17-9-7-6-8-10-17)18-11-13-19(14-12-18)23(21-4,22-5)15-20(2)3/h6-14H,1,15H2,2-5H3. The van der Waals surface area contributed by atoms with Crippen LogP contribution in [0.5, 0.6) is 0 Å². The molecule has 0 radical (unpaired) electrons. The predicted octanol–water partition coefficient (Wildman–Crippen LogP) is 2.79. The highest BCUT2D eigenvalue weighted by Crippen LogP contribution is 2.21. The molecule has 0 aliphatic heterocycles. The lowest BCUT2D eigenvalue weighted by Gasteiger charge is -2.30. The first-order valence-electron chi connectivity index (χ1n) is 7.62. The molecule has 0 N–H and O–H groups in total.